The Balaban J connectivity index is 2.20. The minimum Gasteiger partial charge on any atom is -0.349 e. The van der Waals surface area contributed by atoms with Crippen LogP contribution in [0.15, 0.2) is 6.07 Å². The monoisotopic (exact) mass is 305 g/mol. The van der Waals surface area contributed by atoms with Gasteiger partial charge in [-0.05, 0) is 47.6 Å². The van der Waals surface area contributed by atoms with E-state index >= 15 is 0 Å². The number of aryl methyl sites for hydroxylation is 3. The first kappa shape index (κ1) is 15.8. The van der Waals surface area contributed by atoms with Crippen LogP contribution in [0.5, 0.6) is 0 Å². The molecule has 0 fully saturated rings. The van der Waals surface area contributed by atoms with Crippen molar-refractivity contribution in [3.05, 3.63) is 38.6 Å². The van der Waals surface area contributed by atoms with E-state index in [0.29, 0.717) is 0 Å². The molecule has 1 atom stereocenters. The van der Waals surface area contributed by atoms with E-state index in [4.69, 9.17) is 0 Å². The SMILES string of the molecule is CCn1c(C)cc(C(=O)NC(C)c2sc(C)nc2C)c1C. The van der Waals surface area contributed by atoms with Gasteiger partial charge in [0.15, 0.2) is 0 Å². The minimum atomic E-state index is -0.0200. The summed E-state index contributed by atoms with van der Waals surface area (Å²) in [6.07, 6.45) is 0. The lowest BCUT2D eigenvalue weighted by Gasteiger charge is -2.13. The normalized spacial score (nSPS) is 12.5. The molecule has 1 unspecified atom stereocenters. The molecule has 0 saturated heterocycles. The second-order valence-corrected chi connectivity index (χ2v) is 6.64. The van der Waals surface area contributed by atoms with Crippen molar-refractivity contribution in [2.24, 2.45) is 0 Å². The van der Waals surface area contributed by atoms with Crippen molar-refractivity contribution < 1.29 is 4.79 Å². The highest BCUT2D eigenvalue weighted by molar-refractivity contribution is 7.11. The first-order valence-corrected chi connectivity index (χ1v) is 8.08. The summed E-state index contributed by atoms with van der Waals surface area (Å²) >= 11 is 1.65. The second-order valence-electron chi connectivity index (χ2n) is 5.41. The van der Waals surface area contributed by atoms with Gasteiger partial charge < -0.3 is 9.88 Å². The fraction of sp³-hybridized carbons (Fsp3) is 0.500. The zero-order valence-electron chi connectivity index (χ0n) is 13.6. The van der Waals surface area contributed by atoms with Crippen molar-refractivity contribution in [2.45, 2.75) is 54.1 Å². The molecule has 0 aliphatic heterocycles. The third-order valence-corrected chi connectivity index (χ3v) is 5.07. The van der Waals surface area contributed by atoms with Crippen LogP contribution in [0.2, 0.25) is 0 Å². The van der Waals surface area contributed by atoms with E-state index in [2.05, 4.69) is 21.8 Å². The molecule has 0 spiro atoms. The number of hydrogen-bond donors (Lipinski definition) is 1. The van der Waals surface area contributed by atoms with Crippen LogP contribution in [0.1, 0.15) is 57.2 Å². The van der Waals surface area contributed by atoms with Crippen molar-refractivity contribution in [3.8, 4) is 0 Å². The highest BCUT2D eigenvalue weighted by Crippen LogP contribution is 2.25. The molecule has 2 aromatic rings. The van der Waals surface area contributed by atoms with Crippen LogP contribution >= 0.6 is 11.3 Å². The Bertz CT molecular complexity index is 669. The summed E-state index contributed by atoms with van der Waals surface area (Å²) < 4.78 is 2.15. The Labute approximate surface area is 130 Å². The van der Waals surface area contributed by atoms with Gasteiger partial charge in [-0.2, -0.15) is 0 Å². The number of rotatable bonds is 4. The lowest BCUT2D eigenvalue weighted by Crippen LogP contribution is -2.27. The summed E-state index contributed by atoms with van der Waals surface area (Å²) in [6.45, 7) is 13.0. The molecule has 0 saturated carbocycles. The molecule has 4 nitrogen and oxygen atoms in total. The first-order chi connectivity index (χ1) is 9.85. The minimum absolute atomic E-state index is 0.0132. The molecule has 0 aliphatic carbocycles. The molecule has 0 aliphatic rings. The molecular weight excluding hydrogens is 282 g/mol. The number of hydrogen-bond acceptors (Lipinski definition) is 3. The van der Waals surface area contributed by atoms with E-state index in [9.17, 15) is 4.79 Å². The average molecular weight is 305 g/mol. The molecule has 1 N–H and O–H groups in total. The van der Waals surface area contributed by atoms with Gasteiger partial charge in [0.05, 0.1) is 22.3 Å². The second kappa shape index (κ2) is 6.02. The number of aromatic nitrogens is 2. The third kappa shape index (κ3) is 3.02. The summed E-state index contributed by atoms with van der Waals surface area (Å²) in [4.78, 5) is 18.1. The van der Waals surface area contributed by atoms with Gasteiger partial charge in [-0.1, -0.05) is 0 Å². The smallest absolute Gasteiger partial charge is 0.253 e. The maximum absolute atomic E-state index is 12.5. The molecule has 1 amide bonds. The van der Waals surface area contributed by atoms with Crippen molar-refractivity contribution in [1.29, 1.82) is 0 Å². The highest BCUT2D eigenvalue weighted by atomic mass is 32.1. The van der Waals surface area contributed by atoms with Crippen molar-refractivity contribution >= 4 is 17.2 Å². The van der Waals surface area contributed by atoms with E-state index in [0.717, 1.165) is 39.1 Å². The number of nitrogens with zero attached hydrogens (tertiary/aromatic N) is 2. The van der Waals surface area contributed by atoms with E-state index in [1.807, 2.05) is 40.7 Å². The maximum atomic E-state index is 12.5. The summed E-state index contributed by atoms with van der Waals surface area (Å²) in [5.74, 6) is -0.0132. The Kier molecular flexibility index (Phi) is 4.52. The molecule has 5 heteroatoms. The van der Waals surface area contributed by atoms with Crippen LogP contribution in [0, 0.1) is 27.7 Å². The van der Waals surface area contributed by atoms with Gasteiger partial charge in [0.2, 0.25) is 0 Å². The van der Waals surface area contributed by atoms with Crippen LogP contribution in [-0.4, -0.2) is 15.5 Å². The van der Waals surface area contributed by atoms with Crippen LogP contribution < -0.4 is 5.32 Å². The largest absolute Gasteiger partial charge is 0.349 e. The molecule has 0 aromatic carbocycles. The maximum Gasteiger partial charge on any atom is 0.253 e. The zero-order chi connectivity index (χ0) is 15.7. The molecular formula is C16H23N3OS. The topological polar surface area (TPSA) is 46.9 Å². The number of thiazole rings is 1. The first-order valence-electron chi connectivity index (χ1n) is 7.26. The Morgan fingerprint density at radius 2 is 2.05 bits per heavy atom. The van der Waals surface area contributed by atoms with E-state index in [-0.39, 0.29) is 11.9 Å². The van der Waals surface area contributed by atoms with Crippen LogP contribution in [-0.2, 0) is 6.54 Å². The van der Waals surface area contributed by atoms with Crippen LogP contribution in [0.25, 0.3) is 0 Å². The summed E-state index contributed by atoms with van der Waals surface area (Å²) in [5, 5.41) is 4.13. The van der Waals surface area contributed by atoms with Gasteiger partial charge in [0, 0.05) is 22.8 Å². The Morgan fingerprint density at radius 3 is 2.52 bits per heavy atom. The van der Waals surface area contributed by atoms with E-state index < -0.39 is 0 Å². The molecule has 2 aromatic heterocycles. The standard InChI is InChI=1S/C16H23N3OS/c1-7-19-9(2)8-14(12(19)5)16(20)18-11(4)15-10(3)17-13(6)21-15/h8,11H,7H2,1-6H3,(H,18,20). The number of carbonyl (C=O) groups is 1. The summed E-state index contributed by atoms with van der Waals surface area (Å²) in [5.41, 5.74) is 3.92. The van der Waals surface area contributed by atoms with Gasteiger partial charge in [0.1, 0.15) is 0 Å². The fourth-order valence-electron chi connectivity index (χ4n) is 2.81. The lowest BCUT2D eigenvalue weighted by molar-refractivity contribution is 0.0939. The van der Waals surface area contributed by atoms with Crippen LogP contribution in [0.3, 0.4) is 0 Å². The Hall–Kier alpha value is -1.62. The highest BCUT2D eigenvalue weighted by Gasteiger charge is 2.19. The number of carbonyl (C=O) groups excluding carboxylic acids is 1. The number of amides is 1. The van der Waals surface area contributed by atoms with Crippen molar-refractivity contribution in [3.63, 3.8) is 0 Å². The van der Waals surface area contributed by atoms with E-state index in [1.165, 1.54) is 0 Å². The predicted octanol–water partition coefficient (Wildman–Crippen LogP) is 3.69. The number of nitrogens with one attached hydrogen (secondary N) is 1. The molecule has 114 valence electrons. The van der Waals surface area contributed by atoms with Gasteiger partial charge in [-0.3, -0.25) is 4.79 Å². The van der Waals surface area contributed by atoms with Crippen LogP contribution in [0.4, 0.5) is 0 Å². The Morgan fingerprint density at radius 1 is 1.38 bits per heavy atom. The molecule has 2 heterocycles. The molecule has 0 bridgehead atoms. The van der Waals surface area contributed by atoms with Gasteiger partial charge in [-0.15, -0.1) is 11.3 Å². The van der Waals surface area contributed by atoms with Gasteiger partial charge in [0.25, 0.3) is 5.91 Å². The lowest BCUT2D eigenvalue weighted by atomic mass is 10.2. The van der Waals surface area contributed by atoms with Gasteiger partial charge in [-0.25, -0.2) is 4.98 Å². The van der Waals surface area contributed by atoms with Crippen molar-refractivity contribution in [2.75, 3.05) is 0 Å². The quantitative estimate of drug-likeness (QED) is 0.936. The fourth-order valence-corrected chi connectivity index (χ4v) is 3.74. The van der Waals surface area contributed by atoms with Crippen molar-refractivity contribution in [1.82, 2.24) is 14.9 Å². The predicted molar refractivity (Wildman–Crippen MR) is 87.0 cm³/mol. The third-order valence-electron chi connectivity index (χ3n) is 3.81. The summed E-state index contributed by atoms with van der Waals surface area (Å²) in [7, 11) is 0. The molecule has 21 heavy (non-hydrogen) atoms. The van der Waals surface area contributed by atoms with E-state index in [1.54, 1.807) is 11.3 Å². The molecule has 0 radical (unpaired) electrons. The summed E-state index contributed by atoms with van der Waals surface area (Å²) in [6, 6.07) is 1.94. The average Bonchev–Trinajstić information content (AvgIpc) is 2.89. The molecule has 2 rings (SSSR count). The zero-order valence-corrected chi connectivity index (χ0v) is 14.4. The van der Waals surface area contributed by atoms with Gasteiger partial charge >= 0.3 is 0 Å².